The summed E-state index contributed by atoms with van der Waals surface area (Å²) in [6.45, 7) is 42.7. The molecule has 0 saturated carbocycles. The molecule has 4 aromatic carbocycles. The van der Waals surface area contributed by atoms with Crippen LogP contribution < -0.4 is 29.6 Å². The van der Waals surface area contributed by atoms with E-state index < -0.39 is 29.8 Å². The number of alkyl halides is 2. The molecule has 14 nitrogen and oxygen atoms in total. The molecule has 492 valence electrons. The number of rotatable bonds is 30. The molecule has 4 aromatic rings. The summed E-state index contributed by atoms with van der Waals surface area (Å²) in [5, 5.41) is 7.73. The van der Waals surface area contributed by atoms with Crippen LogP contribution in [0.25, 0.3) is 0 Å². The zero-order valence-electron chi connectivity index (χ0n) is 56.8. The van der Waals surface area contributed by atoms with Gasteiger partial charge in [-0.05, 0) is 133 Å². The molecule has 18 heteroatoms. The second kappa shape index (κ2) is 34.2. The maximum absolute atomic E-state index is 14.7. The zero-order chi connectivity index (χ0) is 65.1. The first-order valence-corrected chi connectivity index (χ1v) is 38.4. The minimum atomic E-state index is -2.97. The number of hydrogen-bond acceptors (Lipinski definition) is 12. The molecule has 1 aliphatic rings. The van der Waals surface area contributed by atoms with E-state index in [-0.39, 0.29) is 21.7 Å². The van der Waals surface area contributed by atoms with Crippen molar-refractivity contribution in [2.45, 2.75) is 210 Å². The van der Waals surface area contributed by atoms with Gasteiger partial charge < -0.3 is 56.1 Å². The lowest BCUT2D eigenvalue weighted by Gasteiger charge is -2.29. The van der Waals surface area contributed by atoms with Crippen molar-refractivity contribution in [3.05, 3.63) is 115 Å². The molecule has 0 unspecified atom stereocenters. The molecule has 2 amide bonds. The van der Waals surface area contributed by atoms with Gasteiger partial charge in [-0.1, -0.05) is 163 Å². The van der Waals surface area contributed by atoms with Crippen LogP contribution in [0.5, 0.6) is 23.0 Å². The third kappa shape index (κ3) is 21.6. The summed E-state index contributed by atoms with van der Waals surface area (Å²) in [6, 6.07) is 19.0. The molecule has 0 radical (unpaired) electrons. The molecule has 0 aromatic heterocycles. The number of carbonyl (C=O) groups excluding carboxylic acids is 2. The highest BCUT2D eigenvalue weighted by Gasteiger charge is 2.41. The SMILES string of the molecule is CCO[Si](CCCNC(=O)Oc1c2cc(C(C)(C)C)cc1Cc1cc(C(C)(C)C)cc(c1OCCCBr)Cc1cc(C(C)(C)C)cc(c1OC(=O)NCCC[Si](OCC)(OCC)OCC)Cc1cc(C(C)(C)C)cc(c1OCCCBr)C2)(OCC)OCC. The summed E-state index contributed by atoms with van der Waals surface area (Å²) in [6.07, 6.45) is 3.00. The minimum Gasteiger partial charge on any atom is -0.493 e. The summed E-state index contributed by atoms with van der Waals surface area (Å²) in [5.41, 5.74) is 10.4. The normalized spacial score (nSPS) is 13.3. The summed E-state index contributed by atoms with van der Waals surface area (Å²) < 4.78 is 64.8. The number of fused-ring (bicyclic) bond motifs is 8. The van der Waals surface area contributed by atoms with Crippen molar-refractivity contribution in [1.29, 1.82) is 0 Å². The average Bonchev–Trinajstić information content (AvgIpc) is 1.53. The van der Waals surface area contributed by atoms with Crippen molar-refractivity contribution in [2.24, 2.45) is 0 Å². The fourth-order valence-corrected chi connectivity index (χ4v) is 16.6. The lowest BCUT2D eigenvalue weighted by atomic mass is 9.79. The number of amides is 2. The van der Waals surface area contributed by atoms with E-state index in [2.05, 4.69) is 174 Å². The van der Waals surface area contributed by atoms with Crippen LogP contribution in [0.4, 0.5) is 9.59 Å². The average molecular weight is 1390 g/mol. The van der Waals surface area contributed by atoms with Gasteiger partial charge in [-0.25, -0.2) is 9.59 Å². The topological polar surface area (TPSA) is 150 Å². The van der Waals surface area contributed by atoms with Gasteiger partial charge in [-0.2, -0.15) is 0 Å². The van der Waals surface area contributed by atoms with E-state index >= 15 is 0 Å². The molecule has 0 spiro atoms. The van der Waals surface area contributed by atoms with E-state index in [1.54, 1.807) is 0 Å². The lowest BCUT2D eigenvalue weighted by molar-refractivity contribution is 0.0700. The molecule has 0 fully saturated rings. The van der Waals surface area contributed by atoms with Gasteiger partial charge in [0, 0.05) is 123 Å². The fourth-order valence-electron chi connectivity index (χ4n) is 11.0. The van der Waals surface area contributed by atoms with Gasteiger partial charge in [0.15, 0.2) is 0 Å². The maximum Gasteiger partial charge on any atom is 0.500 e. The lowest BCUT2D eigenvalue weighted by Crippen LogP contribution is -2.46. The van der Waals surface area contributed by atoms with Crippen LogP contribution >= 0.6 is 31.9 Å². The highest BCUT2D eigenvalue weighted by molar-refractivity contribution is 9.09. The van der Waals surface area contributed by atoms with Crippen molar-refractivity contribution in [1.82, 2.24) is 10.6 Å². The van der Waals surface area contributed by atoms with Gasteiger partial charge in [-0.15, -0.1) is 0 Å². The second-order valence-electron chi connectivity index (χ2n) is 26.8. The first kappa shape index (κ1) is 74.9. The Morgan fingerprint density at radius 1 is 0.386 bits per heavy atom. The number of carbonyl (C=O) groups is 2. The van der Waals surface area contributed by atoms with Crippen molar-refractivity contribution in [3.8, 4) is 23.0 Å². The Kier molecular flexibility index (Phi) is 29.1. The monoisotopic (exact) mass is 1380 g/mol. The predicted octanol–water partition coefficient (Wildman–Crippen LogP) is 16.9. The van der Waals surface area contributed by atoms with E-state index in [1.165, 1.54) is 0 Å². The largest absolute Gasteiger partial charge is 0.500 e. The number of halogens is 2. The number of benzene rings is 4. The quantitative estimate of drug-likeness (QED) is 0.0256. The van der Waals surface area contributed by atoms with Crippen molar-refractivity contribution in [3.63, 3.8) is 0 Å². The number of nitrogens with one attached hydrogen (secondary N) is 2. The first-order chi connectivity index (χ1) is 41.5. The Balaban J connectivity index is 1.88. The molecule has 2 N–H and O–H groups in total. The highest BCUT2D eigenvalue weighted by Crippen LogP contribution is 2.45. The number of hydrogen-bond donors (Lipinski definition) is 2. The van der Waals surface area contributed by atoms with Gasteiger partial charge in [-0.3, -0.25) is 0 Å². The van der Waals surface area contributed by atoms with Gasteiger partial charge in [0.25, 0.3) is 0 Å². The smallest absolute Gasteiger partial charge is 0.493 e. The first-order valence-electron chi connectivity index (χ1n) is 32.3. The summed E-state index contributed by atoms with van der Waals surface area (Å²) in [5.74, 6) is 2.48. The molecule has 0 atom stereocenters. The van der Waals surface area contributed by atoms with Gasteiger partial charge in [0.1, 0.15) is 23.0 Å². The third-order valence-electron chi connectivity index (χ3n) is 15.4. The Morgan fingerprint density at radius 2 is 0.614 bits per heavy atom. The van der Waals surface area contributed by atoms with Crippen LogP contribution in [0.2, 0.25) is 12.1 Å². The molecule has 5 rings (SSSR count). The van der Waals surface area contributed by atoms with Crippen LogP contribution in [0, 0.1) is 0 Å². The summed E-state index contributed by atoms with van der Waals surface area (Å²) in [7, 11) is -5.94. The second-order valence-corrected chi connectivity index (χ2v) is 33.8. The summed E-state index contributed by atoms with van der Waals surface area (Å²) >= 11 is 7.37. The maximum atomic E-state index is 14.7. The Bertz CT molecular complexity index is 2570. The van der Waals surface area contributed by atoms with E-state index in [1.807, 2.05) is 41.5 Å². The van der Waals surface area contributed by atoms with Gasteiger partial charge in [0.2, 0.25) is 0 Å². The van der Waals surface area contributed by atoms with Crippen molar-refractivity contribution in [2.75, 3.05) is 76.6 Å². The molecular weight excluding hydrogens is 1280 g/mol. The molecule has 8 bridgehead atoms. The van der Waals surface area contributed by atoms with E-state index in [0.29, 0.717) is 128 Å². The number of ether oxygens (including phenoxy) is 4. The van der Waals surface area contributed by atoms with E-state index in [0.717, 1.165) is 102 Å². The molecule has 0 aliphatic heterocycles. The Hall–Kier alpha value is -3.83. The van der Waals surface area contributed by atoms with Crippen molar-refractivity contribution >= 4 is 61.7 Å². The molecule has 0 saturated heterocycles. The molecule has 1 aliphatic carbocycles. The Morgan fingerprint density at radius 3 is 0.818 bits per heavy atom. The Labute approximate surface area is 548 Å². The van der Waals surface area contributed by atoms with Crippen LogP contribution in [0.15, 0.2) is 48.5 Å². The van der Waals surface area contributed by atoms with Gasteiger partial charge in [0.05, 0.1) is 13.2 Å². The molecule has 0 heterocycles. The van der Waals surface area contributed by atoms with Gasteiger partial charge >= 0.3 is 29.8 Å². The van der Waals surface area contributed by atoms with E-state index in [9.17, 15) is 9.59 Å². The van der Waals surface area contributed by atoms with Crippen molar-refractivity contribution < 1.29 is 55.1 Å². The minimum absolute atomic E-state index is 0.299. The zero-order valence-corrected chi connectivity index (χ0v) is 62.0. The van der Waals surface area contributed by atoms with Crippen LogP contribution in [0.1, 0.15) is 217 Å². The molecule has 88 heavy (non-hydrogen) atoms. The fraction of sp³-hybridized carbons (Fsp3) is 0.629. The van der Waals surface area contributed by atoms with Crippen LogP contribution in [-0.2, 0) is 73.9 Å². The van der Waals surface area contributed by atoms with E-state index in [4.69, 9.17) is 45.5 Å². The van der Waals surface area contributed by atoms with Crippen LogP contribution in [-0.4, -0.2) is 106 Å². The summed E-state index contributed by atoms with van der Waals surface area (Å²) in [4.78, 5) is 29.3. The van der Waals surface area contributed by atoms with Crippen LogP contribution in [0.3, 0.4) is 0 Å². The standard InChI is InChI=1S/C70H108Br2N2O12Si2/c1-19-79-87(80-20-2,81-21-3)35-27-31-73-65(75)85-63-53-37-49-41-57(67(7,8)9)43-51(61(49)77-33-25-29-71)39-55-47-60(70(16,17)18)48-56(64(55)86-66(76)74-32-28-36-88(82-22-4,83-23-5)84-24-6)40-52-44-58(68(10,11)12)42-50(62(52)78-34-26-30-72)38-54(63)46-59(45-53)69(13,14)15/h41-48H,19-40H2,1-18H3,(H,73,75)(H,74,76). The third-order valence-corrected chi connectivity index (χ3v) is 22.9. The highest BCUT2D eigenvalue weighted by atomic mass is 79.9. The molecular formula is C70H108Br2N2O12Si2. The predicted molar refractivity (Wildman–Crippen MR) is 368 cm³/mol.